The minimum absolute atomic E-state index is 0.0674. The van der Waals surface area contributed by atoms with Gasteiger partial charge in [-0.1, -0.05) is 15.9 Å². The van der Waals surface area contributed by atoms with Crippen molar-refractivity contribution in [2.45, 2.75) is 13.0 Å². The molecule has 1 aromatic carbocycles. The van der Waals surface area contributed by atoms with E-state index in [1.807, 2.05) is 18.4 Å². The number of nitrogens with one attached hydrogen (secondary N) is 1. The van der Waals surface area contributed by atoms with E-state index < -0.39 is 17.7 Å². The first kappa shape index (κ1) is 13.6. The largest absolute Gasteiger partial charge is 0.271 e. The van der Waals surface area contributed by atoms with Crippen LogP contribution in [0.25, 0.3) is 0 Å². The van der Waals surface area contributed by atoms with Crippen molar-refractivity contribution in [3.05, 3.63) is 55.7 Å². The van der Waals surface area contributed by atoms with E-state index in [4.69, 9.17) is 5.84 Å². The lowest BCUT2D eigenvalue weighted by Crippen LogP contribution is -2.30. The van der Waals surface area contributed by atoms with Crippen LogP contribution in [0.2, 0.25) is 0 Å². The van der Waals surface area contributed by atoms with Gasteiger partial charge in [-0.05, 0) is 36.1 Å². The first-order chi connectivity index (χ1) is 8.54. The standard InChI is InChI=1S/C12H11BrF2N2S/c1-6-8(2-3-18-6)12(17-16)11-9(14)4-7(13)5-10(11)15/h2-5,12,17H,16H2,1H3. The van der Waals surface area contributed by atoms with Gasteiger partial charge in [-0.3, -0.25) is 5.84 Å². The summed E-state index contributed by atoms with van der Waals surface area (Å²) in [7, 11) is 0. The number of hydrogen-bond acceptors (Lipinski definition) is 3. The summed E-state index contributed by atoms with van der Waals surface area (Å²) >= 11 is 4.56. The van der Waals surface area contributed by atoms with Gasteiger partial charge in [0.25, 0.3) is 0 Å². The zero-order chi connectivity index (χ0) is 13.3. The molecule has 2 rings (SSSR count). The Hall–Kier alpha value is -0.820. The lowest BCUT2D eigenvalue weighted by Gasteiger charge is -2.18. The number of nitrogens with two attached hydrogens (primary N) is 1. The molecule has 0 saturated heterocycles. The molecule has 0 amide bonds. The summed E-state index contributed by atoms with van der Waals surface area (Å²) < 4.78 is 28.2. The van der Waals surface area contributed by atoms with Crippen LogP contribution in [0.15, 0.2) is 28.1 Å². The molecule has 0 aliphatic rings. The summed E-state index contributed by atoms with van der Waals surface area (Å²) in [5.74, 6) is 4.19. The molecule has 1 atom stereocenters. The molecule has 0 aliphatic carbocycles. The van der Waals surface area contributed by atoms with Crippen LogP contribution < -0.4 is 11.3 Å². The smallest absolute Gasteiger partial charge is 0.132 e. The Labute approximate surface area is 116 Å². The number of benzene rings is 1. The van der Waals surface area contributed by atoms with Gasteiger partial charge in [0, 0.05) is 14.9 Å². The second kappa shape index (κ2) is 5.44. The highest BCUT2D eigenvalue weighted by Crippen LogP contribution is 2.32. The number of thiophene rings is 1. The molecule has 0 bridgehead atoms. The molecule has 0 radical (unpaired) electrons. The van der Waals surface area contributed by atoms with Crippen LogP contribution in [0, 0.1) is 18.6 Å². The van der Waals surface area contributed by atoms with E-state index in [0.717, 1.165) is 10.4 Å². The van der Waals surface area contributed by atoms with Crippen LogP contribution in [0.5, 0.6) is 0 Å². The fraction of sp³-hybridized carbons (Fsp3) is 0.167. The molecular weight excluding hydrogens is 322 g/mol. The zero-order valence-corrected chi connectivity index (χ0v) is 11.9. The summed E-state index contributed by atoms with van der Waals surface area (Å²) in [4.78, 5) is 0.972. The molecule has 18 heavy (non-hydrogen) atoms. The Bertz CT molecular complexity index is 548. The van der Waals surface area contributed by atoms with E-state index >= 15 is 0 Å². The predicted molar refractivity (Wildman–Crippen MR) is 72.3 cm³/mol. The molecule has 3 N–H and O–H groups in total. The van der Waals surface area contributed by atoms with Gasteiger partial charge in [-0.15, -0.1) is 11.3 Å². The maximum absolute atomic E-state index is 13.9. The van der Waals surface area contributed by atoms with Gasteiger partial charge in [-0.25, -0.2) is 14.2 Å². The van der Waals surface area contributed by atoms with Crippen molar-refractivity contribution >= 4 is 27.3 Å². The van der Waals surface area contributed by atoms with Crippen LogP contribution in [-0.4, -0.2) is 0 Å². The summed E-state index contributed by atoms with van der Waals surface area (Å²) in [6, 6.07) is 3.57. The molecule has 96 valence electrons. The Morgan fingerprint density at radius 2 is 1.94 bits per heavy atom. The Morgan fingerprint density at radius 1 is 1.33 bits per heavy atom. The molecule has 2 nitrogen and oxygen atoms in total. The number of hydrazine groups is 1. The van der Waals surface area contributed by atoms with Crippen molar-refractivity contribution in [2.75, 3.05) is 0 Å². The topological polar surface area (TPSA) is 38.0 Å². The average molecular weight is 333 g/mol. The van der Waals surface area contributed by atoms with E-state index in [1.165, 1.54) is 23.5 Å². The van der Waals surface area contributed by atoms with Gasteiger partial charge < -0.3 is 0 Å². The maximum atomic E-state index is 13.9. The average Bonchev–Trinajstić information content (AvgIpc) is 2.69. The van der Waals surface area contributed by atoms with E-state index in [0.29, 0.717) is 4.47 Å². The van der Waals surface area contributed by atoms with Crippen LogP contribution >= 0.6 is 27.3 Å². The Morgan fingerprint density at radius 3 is 2.39 bits per heavy atom. The van der Waals surface area contributed by atoms with Crippen molar-refractivity contribution < 1.29 is 8.78 Å². The third-order valence-corrected chi connectivity index (χ3v) is 4.03. The van der Waals surface area contributed by atoms with Gasteiger partial charge in [0.2, 0.25) is 0 Å². The minimum atomic E-state index is -0.690. The van der Waals surface area contributed by atoms with Crippen molar-refractivity contribution in [1.82, 2.24) is 5.43 Å². The number of halogens is 3. The Balaban J connectivity index is 2.56. The summed E-state index contributed by atoms with van der Waals surface area (Å²) in [5.41, 5.74) is 3.19. The molecule has 1 aromatic heterocycles. The molecule has 0 fully saturated rings. The van der Waals surface area contributed by atoms with Crippen molar-refractivity contribution in [3.8, 4) is 0 Å². The monoisotopic (exact) mass is 332 g/mol. The lowest BCUT2D eigenvalue weighted by atomic mass is 9.99. The van der Waals surface area contributed by atoms with Crippen molar-refractivity contribution in [2.24, 2.45) is 5.84 Å². The van der Waals surface area contributed by atoms with Crippen LogP contribution in [-0.2, 0) is 0 Å². The minimum Gasteiger partial charge on any atom is -0.271 e. The molecule has 2 aromatic rings. The van der Waals surface area contributed by atoms with Gasteiger partial charge in [0.15, 0.2) is 0 Å². The third-order valence-electron chi connectivity index (χ3n) is 2.71. The Kier molecular flexibility index (Phi) is 4.11. The lowest BCUT2D eigenvalue weighted by molar-refractivity contribution is 0.509. The maximum Gasteiger partial charge on any atom is 0.132 e. The molecule has 0 spiro atoms. The fourth-order valence-electron chi connectivity index (χ4n) is 1.85. The highest BCUT2D eigenvalue weighted by Gasteiger charge is 2.23. The molecular formula is C12H11BrF2N2S. The highest BCUT2D eigenvalue weighted by atomic mass is 79.9. The molecule has 0 aliphatic heterocycles. The molecule has 1 heterocycles. The van der Waals surface area contributed by atoms with Crippen molar-refractivity contribution in [1.29, 1.82) is 0 Å². The zero-order valence-electron chi connectivity index (χ0n) is 9.51. The quantitative estimate of drug-likeness (QED) is 0.665. The first-order valence-electron chi connectivity index (χ1n) is 5.19. The third kappa shape index (κ3) is 2.47. The SMILES string of the molecule is Cc1sccc1C(NN)c1c(F)cc(Br)cc1F. The van der Waals surface area contributed by atoms with E-state index in [9.17, 15) is 8.78 Å². The van der Waals surface area contributed by atoms with Crippen molar-refractivity contribution in [3.63, 3.8) is 0 Å². The molecule has 0 saturated carbocycles. The van der Waals surface area contributed by atoms with Crippen LogP contribution in [0.4, 0.5) is 8.78 Å². The molecule has 1 unspecified atom stereocenters. The van der Waals surface area contributed by atoms with Gasteiger partial charge in [0.1, 0.15) is 11.6 Å². The summed E-state index contributed by atoms with van der Waals surface area (Å²) in [5, 5.41) is 1.86. The predicted octanol–water partition coefficient (Wildman–Crippen LogP) is 3.65. The molecule has 6 heteroatoms. The van der Waals surface area contributed by atoms with Gasteiger partial charge in [-0.2, -0.15) is 0 Å². The van der Waals surface area contributed by atoms with E-state index in [2.05, 4.69) is 21.4 Å². The van der Waals surface area contributed by atoms with E-state index in [1.54, 1.807) is 0 Å². The van der Waals surface area contributed by atoms with Crippen LogP contribution in [0.3, 0.4) is 0 Å². The fourth-order valence-corrected chi connectivity index (χ4v) is 2.99. The normalized spacial score (nSPS) is 12.7. The second-order valence-corrected chi connectivity index (χ2v) is 5.85. The van der Waals surface area contributed by atoms with Gasteiger partial charge >= 0.3 is 0 Å². The number of rotatable bonds is 3. The second-order valence-electron chi connectivity index (χ2n) is 3.81. The van der Waals surface area contributed by atoms with Gasteiger partial charge in [0.05, 0.1) is 6.04 Å². The number of aryl methyl sites for hydroxylation is 1. The number of hydrogen-bond donors (Lipinski definition) is 2. The summed E-state index contributed by atoms with van der Waals surface area (Å²) in [6.45, 7) is 1.89. The first-order valence-corrected chi connectivity index (χ1v) is 6.86. The highest BCUT2D eigenvalue weighted by molar-refractivity contribution is 9.10. The summed E-state index contributed by atoms with van der Waals surface area (Å²) in [6.07, 6.45) is 0. The van der Waals surface area contributed by atoms with E-state index in [-0.39, 0.29) is 5.56 Å². The van der Waals surface area contributed by atoms with Crippen LogP contribution in [0.1, 0.15) is 22.0 Å².